The number of benzene rings is 2. The molecule has 4 nitrogen and oxygen atoms in total. The third-order valence-corrected chi connectivity index (χ3v) is 5.44. The van der Waals surface area contributed by atoms with Crippen LogP contribution in [0.2, 0.25) is 0 Å². The maximum atomic E-state index is 14.2. The highest BCUT2D eigenvalue weighted by Gasteiger charge is 2.18. The first-order chi connectivity index (χ1) is 17.0. The van der Waals surface area contributed by atoms with Gasteiger partial charge in [-0.15, -0.1) is 0 Å². The zero-order valence-corrected chi connectivity index (χ0v) is 19.3. The molecule has 0 saturated heterocycles. The highest BCUT2D eigenvalue weighted by Crippen LogP contribution is 2.33. The Morgan fingerprint density at radius 3 is 2.46 bits per heavy atom. The Hall–Kier alpha value is -4.19. The first-order valence-electron chi connectivity index (χ1n) is 11.5. The lowest BCUT2D eigenvalue weighted by Crippen LogP contribution is -2.25. The maximum absolute atomic E-state index is 14.2. The van der Waals surface area contributed by atoms with Crippen molar-refractivity contribution in [2.75, 3.05) is 6.54 Å². The summed E-state index contributed by atoms with van der Waals surface area (Å²) in [5, 5.41) is 2.88. The fourth-order valence-electron chi connectivity index (χ4n) is 3.71. The van der Waals surface area contributed by atoms with Crippen molar-refractivity contribution in [1.29, 1.82) is 0 Å². The van der Waals surface area contributed by atoms with Gasteiger partial charge in [0.2, 0.25) is 0 Å². The van der Waals surface area contributed by atoms with Crippen LogP contribution < -0.4 is 5.32 Å². The summed E-state index contributed by atoms with van der Waals surface area (Å²) >= 11 is 0. The number of unbranched alkanes of at least 4 members (excludes halogenated alkanes) is 1. The lowest BCUT2D eigenvalue weighted by molar-refractivity contribution is 0.0948. The number of aromatic nitrogens is 2. The minimum atomic E-state index is -0.396. The Morgan fingerprint density at radius 2 is 1.74 bits per heavy atom. The average Bonchev–Trinajstić information content (AvgIpc) is 2.88. The number of carbonyl (C=O) groups is 1. The zero-order valence-electron chi connectivity index (χ0n) is 19.3. The largest absolute Gasteiger partial charge is 0.351 e. The minimum Gasteiger partial charge on any atom is -0.351 e. The van der Waals surface area contributed by atoms with E-state index in [1.165, 1.54) is 24.3 Å². The molecule has 1 N–H and O–H groups in total. The molecule has 2 heterocycles. The second kappa shape index (κ2) is 11.3. The number of hydrogen-bond donors (Lipinski definition) is 1. The maximum Gasteiger partial charge on any atom is 0.269 e. The summed E-state index contributed by atoms with van der Waals surface area (Å²) in [4.78, 5) is 21.8. The lowest BCUT2D eigenvalue weighted by atomic mass is 9.93. The summed E-state index contributed by atoms with van der Waals surface area (Å²) in [6.45, 7) is 2.61. The molecule has 2 aromatic heterocycles. The van der Waals surface area contributed by atoms with Crippen LogP contribution in [-0.4, -0.2) is 22.4 Å². The molecule has 0 unspecified atom stereocenters. The number of halogens is 2. The highest BCUT2D eigenvalue weighted by molar-refractivity contribution is 5.98. The van der Waals surface area contributed by atoms with Gasteiger partial charge >= 0.3 is 0 Å². The van der Waals surface area contributed by atoms with Gasteiger partial charge in [0.15, 0.2) is 0 Å². The summed E-state index contributed by atoms with van der Waals surface area (Å²) in [7, 11) is 0. The molecular weight excluding hydrogens is 444 g/mol. The summed E-state index contributed by atoms with van der Waals surface area (Å²) in [6, 6.07) is 21.2. The molecule has 35 heavy (non-hydrogen) atoms. The molecule has 0 aliphatic rings. The number of pyridine rings is 2. The quantitative estimate of drug-likeness (QED) is 0.235. The molecule has 0 saturated carbocycles. The van der Waals surface area contributed by atoms with Crippen LogP contribution in [0.1, 0.15) is 46.9 Å². The first kappa shape index (κ1) is 24.0. The molecule has 0 spiro atoms. The number of amides is 1. The predicted molar refractivity (Wildman–Crippen MR) is 134 cm³/mol. The molecule has 0 radical (unpaired) electrons. The fourth-order valence-corrected chi connectivity index (χ4v) is 3.71. The van der Waals surface area contributed by atoms with Crippen LogP contribution in [0.15, 0.2) is 85.1 Å². The third-order valence-electron chi connectivity index (χ3n) is 5.44. The fraction of sp³-hybridized carbons (Fsp3) is 0.138. The average molecular weight is 470 g/mol. The third kappa shape index (κ3) is 6.03. The van der Waals surface area contributed by atoms with Gasteiger partial charge in [0.05, 0.1) is 11.4 Å². The Labute approximate surface area is 203 Å². The summed E-state index contributed by atoms with van der Waals surface area (Å²) in [6.07, 6.45) is 5.26. The normalized spacial score (nSPS) is 11.3. The summed E-state index contributed by atoms with van der Waals surface area (Å²) < 4.78 is 28.2. The van der Waals surface area contributed by atoms with E-state index >= 15 is 0 Å². The molecule has 0 atom stereocenters. The van der Waals surface area contributed by atoms with E-state index in [-0.39, 0.29) is 17.4 Å². The molecule has 176 valence electrons. The molecule has 6 heteroatoms. The lowest BCUT2D eigenvalue weighted by Gasteiger charge is -2.15. The molecule has 0 fully saturated rings. The molecule has 1 amide bonds. The van der Waals surface area contributed by atoms with Crippen molar-refractivity contribution in [1.82, 2.24) is 15.3 Å². The van der Waals surface area contributed by atoms with Crippen molar-refractivity contribution in [3.63, 3.8) is 0 Å². The van der Waals surface area contributed by atoms with Crippen molar-refractivity contribution in [2.24, 2.45) is 0 Å². The van der Waals surface area contributed by atoms with Crippen LogP contribution in [0.4, 0.5) is 8.78 Å². The molecule has 4 rings (SSSR count). The summed E-state index contributed by atoms with van der Waals surface area (Å²) in [5.74, 6) is -1.05. The van der Waals surface area contributed by atoms with Gasteiger partial charge in [0, 0.05) is 18.3 Å². The Kier molecular flexibility index (Phi) is 7.73. The van der Waals surface area contributed by atoms with Gasteiger partial charge in [-0.25, -0.2) is 13.8 Å². The Morgan fingerprint density at radius 1 is 0.943 bits per heavy atom. The van der Waals surface area contributed by atoms with Crippen molar-refractivity contribution < 1.29 is 13.6 Å². The van der Waals surface area contributed by atoms with E-state index in [0.717, 1.165) is 12.8 Å². The van der Waals surface area contributed by atoms with Crippen LogP contribution in [0, 0.1) is 11.6 Å². The van der Waals surface area contributed by atoms with E-state index < -0.39 is 5.82 Å². The van der Waals surface area contributed by atoms with Crippen molar-refractivity contribution in [3.8, 4) is 11.4 Å². The topological polar surface area (TPSA) is 54.9 Å². The summed E-state index contributed by atoms with van der Waals surface area (Å²) in [5.41, 5.74) is 3.76. The number of nitrogens with zero attached hydrogens (tertiary/aromatic N) is 2. The van der Waals surface area contributed by atoms with Gasteiger partial charge in [0.1, 0.15) is 17.3 Å². The number of carbonyl (C=O) groups excluding carboxylic acids is 1. The second-order valence-electron chi connectivity index (χ2n) is 8.04. The molecular formula is C29H25F2N3O. The van der Waals surface area contributed by atoms with Gasteiger partial charge < -0.3 is 5.32 Å². The number of rotatable bonds is 8. The van der Waals surface area contributed by atoms with E-state index in [1.807, 2.05) is 6.07 Å². The molecule has 0 aliphatic heterocycles. The standard InChI is InChI=1S/C29H25F2N3O/c1-2-3-15-33-29(35)27-14-13-24(28(34-27)26-12-4-5-16-32-26)25(21-9-7-11-23(31)19-21)18-20-8-6-10-22(30)17-20/h4-14,16-19H,2-3,15H2,1H3,(H,33,35)/b25-18+. The molecule has 0 bridgehead atoms. The van der Waals surface area contributed by atoms with Crippen molar-refractivity contribution in [2.45, 2.75) is 19.8 Å². The van der Waals surface area contributed by atoms with Crippen LogP contribution in [0.25, 0.3) is 23.0 Å². The Bertz CT molecular complexity index is 1350. The monoisotopic (exact) mass is 469 g/mol. The van der Waals surface area contributed by atoms with Crippen LogP contribution in [0.5, 0.6) is 0 Å². The van der Waals surface area contributed by atoms with E-state index in [4.69, 9.17) is 0 Å². The van der Waals surface area contributed by atoms with Crippen LogP contribution >= 0.6 is 0 Å². The van der Waals surface area contributed by atoms with Gasteiger partial charge in [-0.3, -0.25) is 9.78 Å². The zero-order chi connectivity index (χ0) is 24.6. The SMILES string of the molecule is CCCCNC(=O)c1ccc(/C(=C/c2cccc(F)c2)c2cccc(F)c2)c(-c2ccccn2)n1. The van der Waals surface area contributed by atoms with Gasteiger partial charge in [-0.05, 0) is 77.7 Å². The van der Waals surface area contributed by atoms with Gasteiger partial charge in [0.25, 0.3) is 5.91 Å². The van der Waals surface area contributed by atoms with Crippen molar-refractivity contribution in [3.05, 3.63) is 119 Å². The Balaban J connectivity index is 1.90. The second-order valence-corrected chi connectivity index (χ2v) is 8.04. The minimum absolute atomic E-state index is 0.259. The number of nitrogens with one attached hydrogen (secondary N) is 1. The predicted octanol–water partition coefficient (Wildman–Crippen LogP) is 6.54. The van der Waals surface area contributed by atoms with E-state index in [1.54, 1.807) is 60.8 Å². The van der Waals surface area contributed by atoms with Gasteiger partial charge in [-0.2, -0.15) is 0 Å². The van der Waals surface area contributed by atoms with Crippen LogP contribution in [0.3, 0.4) is 0 Å². The van der Waals surface area contributed by atoms with E-state index in [0.29, 0.717) is 40.2 Å². The molecule has 4 aromatic rings. The smallest absolute Gasteiger partial charge is 0.269 e. The van der Waals surface area contributed by atoms with E-state index in [9.17, 15) is 13.6 Å². The highest BCUT2D eigenvalue weighted by atomic mass is 19.1. The van der Waals surface area contributed by atoms with Gasteiger partial charge in [-0.1, -0.05) is 43.7 Å². The molecule has 0 aliphatic carbocycles. The molecule has 2 aromatic carbocycles. The number of hydrogen-bond acceptors (Lipinski definition) is 3. The first-order valence-corrected chi connectivity index (χ1v) is 11.5. The van der Waals surface area contributed by atoms with E-state index in [2.05, 4.69) is 22.2 Å². The van der Waals surface area contributed by atoms with Crippen molar-refractivity contribution >= 4 is 17.6 Å². The van der Waals surface area contributed by atoms with Crippen LogP contribution in [-0.2, 0) is 0 Å².